The lowest BCUT2D eigenvalue weighted by atomic mass is 9.74. The van der Waals surface area contributed by atoms with Gasteiger partial charge in [-0.1, -0.05) is 45.0 Å². The summed E-state index contributed by atoms with van der Waals surface area (Å²) in [6.45, 7) is 6.74. The molecule has 0 amide bonds. The summed E-state index contributed by atoms with van der Waals surface area (Å²) in [5.41, 5.74) is 2.29. The van der Waals surface area contributed by atoms with Crippen LogP contribution in [-0.4, -0.2) is 33.5 Å². The van der Waals surface area contributed by atoms with Crippen LogP contribution in [0.2, 0.25) is 0 Å². The fourth-order valence-electron chi connectivity index (χ4n) is 5.13. The van der Waals surface area contributed by atoms with Crippen LogP contribution in [0.15, 0.2) is 54.9 Å². The first-order valence-electron chi connectivity index (χ1n) is 12.6. The molecular formula is C29H35F2N3O2. The summed E-state index contributed by atoms with van der Waals surface area (Å²) >= 11 is 0. The van der Waals surface area contributed by atoms with Gasteiger partial charge in [0.25, 0.3) is 0 Å². The highest BCUT2D eigenvalue weighted by molar-refractivity contribution is 5.79. The molecule has 3 N–H and O–H groups in total. The van der Waals surface area contributed by atoms with Crippen LogP contribution in [0.4, 0.5) is 8.78 Å². The number of Topliss-reactive ketones (excluding diaryl/α,β-unsaturated/α-hetero) is 1. The lowest BCUT2D eigenvalue weighted by Crippen LogP contribution is -2.49. The van der Waals surface area contributed by atoms with E-state index >= 15 is 0 Å². The molecule has 2 atom stereocenters. The number of benzene rings is 2. The molecule has 192 valence electrons. The summed E-state index contributed by atoms with van der Waals surface area (Å²) in [6.07, 6.45) is 4.85. The molecule has 1 aromatic heterocycles. The van der Waals surface area contributed by atoms with Crippen LogP contribution in [0.1, 0.15) is 74.9 Å². The number of aliphatic hydroxyl groups is 1. The van der Waals surface area contributed by atoms with Gasteiger partial charge in [0.15, 0.2) is 0 Å². The highest BCUT2D eigenvalue weighted by Gasteiger charge is 2.38. The van der Waals surface area contributed by atoms with Gasteiger partial charge in [-0.05, 0) is 53.5 Å². The van der Waals surface area contributed by atoms with Gasteiger partial charge in [-0.3, -0.25) is 4.79 Å². The third-order valence-corrected chi connectivity index (χ3v) is 7.31. The molecule has 0 aliphatic heterocycles. The van der Waals surface area contributed by atoms with Crippen LogP contribution in [-0.2, 0) is 22.2 Å². The Kier molecular flexibility index (Phi) is 7.71. The summed E-state index contributed by atoms with van der Waals surface area (Å²) in [4.78, 5) is 19.5. The van der Waals surface area contributed by atoms with Crippen molar-refractivity contribution in [1.29, 1.82) is 0 Å². The Bertz CT molecular complexity index is 1160. The van der Waals surface area contributed by atoms with Crippen molar-refractivity contribution in [1.82, 2.24) is 15.3 Å². The molecule has 2 unspecified atom stereocenters. The third-order valence-electron chi connectivity index (χ3n) is 7.31. The maximum Gasteiger partial charge on any atom is 0.133 e. The predicted molar refractivity (Wildman–Crippen MR) is 136 cm³/mol. The molecule has 0 spiro atoms. The second-order valence-electron chi connectivity index (χ2n) is 11.0. The summed E-state index contributed by atoms with van der Waals surface area (Å²) in [7, 11) is 0. The number of nitrogens with one attached hydrogen (secondary N) is 2. The van der Waals surface area contributed by atoms with Crippen molar-refractivity contribution in [2.45, 2.75) is 75.9 Å². The number of carbonyl (C=O) groups is 1. The summed E-state index contributed by atoms with van der Waals surface area (Å²) in [6, 6.07) is 11.9. The number of carbonyl (C=O) groups excluding carboxylic acids is 1. The van der Waals surface area contributed by atoms with Gasteiger partial charge < -0.3 is 15.4 Å². The standard InChI is InChI=1S/C29H35F2N3O2/c1-28(2,3)20-5-4-6-21(16-20)29(9-7-24(35)8-10-29)34-18-26(36)25(27-32-11-12-33-27)15-19-13-22(30)17-23(31)14-19/h4-6,11-14,16-17,25-26,34,36H,7-10,15,18H2,1-3H3,(H,32,33). The second-order valence-corrected chi connectivity index (χ2v) is 11.0. The summed E-state index contributed by atoms with van der Waals surface area (Å²) in [5.74, 6) is -1.00. The molecule has 1 fully saturated rings. The zero-order valence-electron chi connectivity index (χ0n) is 21.2. The first kappa shape index (κ1) is 26.2. The van der Waals surface area contributed by atoms with Crippen LogP contribution < -0.4 is 5.32 Å². The maximum atomic E-state index is 13.8. The Morgan fingerprint density at radius 1 is 1.11 bits per heavy atom. The van der Waals surface area contributed by atoms with Crippen molar-refractivity contribution in [3.8, 4) is 0 Å². The van der Waals surface area contributed by atoms with Crippen molar-refractivity contribution in [3.05, 3.63) is 89.0 Å². The van der Waals surface area contributed by atoms with Gasteiger partial charge in [-0.15, -0.1) is 0 Å². The number of hydrogen-bond acceptors (Lipinski definition) is 4. The van der Waals surface area contributed by atoms with Crippen molar-refractivity contribution in [2.75, 3.05) is 6.54 Å². The minimum absolute atomic E-state index is 0.0220. The van der Waals surface area contributed by atoms with Crippen molar-refractivity contribution in [2.24, 2.45) is 0 Å². The van der Waals surface area contributed by atoms with E-state index in [1.54, 1.807) is 12.4 Å². The normalized spacial score (nSPS) is 17.7. The molecule has 1 aliphatic carbocycles. The van der Waals surface area contributed by atoms with E-state index in [0.717, 1.165) is 11.6 Å². The minimum Gasteiger partial charge on any atom is -0.391 e. The molecule has 0 saturated heterocycles. The molecular weight excluding hydrogens is 460 g/mol. The third kappa shape index (κ3) is 6.08. The summed E-state index contributed by atoms with van der Waals surface area (Å²) in [5, 5.41) is 14.9. The summed E-state index contributed by atoms with van der Waals surface area (Å²) < 4.78 is 27.7. The molecule has 4 rings (SSSR count). The van der Waals surface area contributed by atoms with E-state index in [4.69, 9.17) is 0 Å². The smallest absolute Gasteiger partial charge is 0.133 e. The SMILES string of the molecule is CC(C)(C)c1cccc(C2(NCC(O)C(Cc3cc(F)cc(F)c3)c3ncc[nH]3)CCC(=O)CC2)c1. The van der Waals surface area contributed by atoms with E-state index in [2.05, 4.69) is 60.3 Å². The minimum atomic E-state index is -0.886. The Hall–Kier alpha value is -2.90. The molecule has 36 heavy (non-hydrogen) atoms. The maximum absolute atomic E-state index is 13.8. The van der Waals surface area contributed by atoms with E-state index in [1.807, 2.05) is 0 Å². The molecule has 2 aromatic carbocycles. The van der Waals surface area contributed by atoms with Crippen molar-refractivity contribution >= 4 is 5.78 Å². The highest BCUT2D eigenvalue weighted by Crippen LogP contribution is 2.38. The number of rotatable bonds is 8. The Morgan fingerprint density at radius 3 is 2.42 bits per heavy atom. The number of aliphatic hydroxyl groups excluding tert-OH is 1. The van der Waals surface area contributed by atoms with Gasteiger partial charge in [0, 0.05) is 49.3 Å². The number of imidazole rings is 1. The largest absolute Gasteiger partial charge is 0.391 e. The molecule has 1 aliphatic rings. The quantitative estimate of drug-likeness (QED) is 0.396. The second kappa shape index (κ2) is 10.6. The molecule has 0 radical (unpaired) electrons. The first-order valence-corrected chi connectivity index (χ1v) is 12.6. The number of hydrogen-bond donors (Lipinski definition) is 3. The average Bonchev–Trinajstić information content (AvgIpc) is 3.36. The number of aromatic nitrogens is 2. The van der Waals surface area contributed by atoms with Gasteiger partial charge >= 0.3 is 0 Å². The zero-order valence-corrected chi connectivity index (χ0v) is 21.2. The molecule has 5 nitrogen and oxygen atoms in total. The van der Waals surface area contributed by atoms with Crippen LogP contribution in [0.5, 0.6) is 0 Å². The molecule has 1 heterocycles. The fraction of sp³-hybridized carbons (Fsp3) is 0.448. The Balaban J connectivity index is 1.59. The van der Waals surface area contributed by atoms with Crippen LogP contribution in [0.25, 0.3) is 0 Å². The lowest BCUT2D eigenvalue weighted by molar-refractivity contribution is -0.121. The number of ketones is 1. The number of halogens is 2. The average molecular weight is 496 g/mol. The first-order chi connectivity index (χ1) is 17.1. The van der Waals surface area contributed by atoms with Gasteiger partial charge in [0.05, 0.1) is 6.10 Å². The number of aromatic amines is 1. The lowest BCUT2D eigenvalue weighted by Gasteiger charge is -2.40. The van der Waals surface area contributed by atoms with Crippen molar-refractivity contribution in [3.63, 3.8) is 0 Å². The molecule has 3 aromatic rings. The molecule has 7 heteroatoms. The predicted octanol–water partition coefficient (Wildman–Crippen LogP) is 5.30. The van der Waals surface area contributed by atoms with Crippen molar-refractivity contribution < 1.29 is 18.7 Å². The molecule has 0 bridgehead atoms. The fourth-order valence-corrected chi connectivity index (χ4v) is 5.13. The topological polar surface area (TPSA) is 78.0 Å². The molecule has 1 saturated carbocycles. The zero-order chi connectivity index (χ0) is 25.9. The van der Waals surface area contributed by atoms with Gasteiger partial charge in [0.1, 0.15) is 23.2 Å². The number of H-pyrrole nitrogens is 1. The van der Waals surface area contributed by atoms with E-state index in [0.29, 0.717) is 37.1 Å². The highest BCUT2D eigenvalue weighted by atomic mass is 19.1. The van der Waals surface area contributed by atoms with Crippen LogP contribution in [0.3, 0.4) is 0 Å². The monoisotopic (exact) mass is 495 g/mol. The van der Waals surface area contributed by atoms with E-state index in [-0.39, 0.29) is 24.2 Å². The van der Waals surface area contributed by atoms with Gasteiger partial charge in [0.2, 0.25) is 0 Å². The van der Waals surface area contributed by atoms with E-state index in [9.17, 15) is 18.7 Å². The van der Waals surface area contributed by atoms with Gasteiger partial charge in [-0.25, -0.2) is 13.8 Å². The van der Waals surface area contributed by atoms with E-state index < -0.39 is 29.2 Å². The Labute approximate surface area is 211 Å². The van der Waals surface area contributed by atoms with E-state index in [1.165, 1.54) is 17.7 Å². The van der Waals surface area contributed by atoms with Gasteiger partial charge in [-0.2, -0.15) is 0 Å². The van der Waals surface area contributed by atoms with Crippen LogP contribution in [0, 0.1) is 11.6 Å². The number of nitrogens with zero attached hydrogens (tertiary/aromatic N) is 1. The van der Waals surface area contributed by atoms with Crippen LogP contribution >= 0.6 is 0 Å². The Morgan fingerprint density at radius 2 is 1.81 bits per heavy atom.